The van der Waals surface area contributed by atoms with Crippen molar-refractivity contribution in [2.75, 3.05) is 32.6 Å². The average molecular weight is 264 g/mol. The summed E-state index contributed by atoms with van der Waals surface area (Å²) in [5.41, 5.74) is -0.397. The molecule has 0 bridgehead atoms. The Morgan fingerprint density at radius 1 is 1.24 bits per heavy atom. The maximum absolute atomic E-state index is 12.4. The van der Waals surface area contributed by atoms with E-state index < -0.39 is 19.1 Å². The Morgan fingerprint density at radius 3 is 2.53 bits per heavy atom. The van der Waals surface area contributed by atoms with Gasteiger partial charge >= 0.3 is 0 Å². The lowest BCUT2D eigenvalue weighted by atomic mass is 9.97. The molecular weight excluding hydrogens is 241 g/mol. The molecule has 2 aliphatic rings. The molecule has 5 nitrogen and oxygen atoms in total. The van der Waals surface area contributed by atoms with Crippen molar-refractivity contribution in [1.82, 2.24) is 0 Å². The highest BCUT2D eigenvalue weighted by Gasteiger charge is 2.41. The number of hydrogen-bond acceptors (Lipinski definition) is 3. The zero-order valence-corrected chi connectivity index (χ0v) is 11.1. The molecular formula is C11H23NO4P+. The maximum Gasteiger partial charge on any atom is 0.258 e. The summed E-state index contributed by atoms with van der Waals surface area (Å²) in [7, 11) is -3.24. The minimum absolute atomic E-state index is 0.290. The van der Waals surface area contributed by atoms with Gasteiger partial charge in [0.15, 0.2) is 6.29 Å². The predicted octanol–water partition coefficient (Wildman–Crippen LogP) is -0.567. The quantitative estimate of drug-likeness (QED) is 0.597. The lowest BCUT2D eigenvalue weighted by molar-refractivity contribution is -0.897. The molecule has 100 valence electrons. The molecule has 3 atom stereocenters. The Balaban J connectivity index is 1.94. The van der Waals surface area contributed by atoms with Crippen LogP contribution in [0.3, 0.4) is 0 Å². The molecule has 0 aromatic carbocycles. The molecule has 6 heteroatoms. The smallest absolute Gasteiger partial charge is 0.258 e. The lowest BCUT2D eigenvalue weighted by Crippen LogP contribution is -3.14. The molecule has 1 saturated heterocycles. The molecule has 3 N–H and O–H groups in total. The summed E-state index contributed by atoms with van der Waals surface area (Å²) in [6.45, 7) is 2.94. The topological polar surface area (TPSA) is 71.2 Å². The van der Waals surface area contributed by atoms with Crippen molar-refractivity contribution in [1.29, 1.82) is 0 Å². The van der Waals surface area contributed by atoms with Crippen LogP contribution in [-0.4, -0.2) is 54.4 Å². The largest absolute Gasteiger partial charge is 0.392 e. The fraction of sp³-hybridized carbons (Fsp3) is 1.00. The minimum atomic E-state index is -3.24. The fourth-order valence-electron chi connectivity index (χ4n) is 2.82. The molecule has 0 aromatic rings. The highest BCUT2D eigenvalue weighted by atomic mass is 31.2. The second-order valence-corrected chi connectivity index (χ2v) is 7.69. The van der Waals surface area contributed by atoms with Gasteiger partial charge in [-0.05, 0) is 12.8 Å². The third-order valence-electron chi connectivity index (χ3n) is 3.86. The van der Waals surface area contributed by atoms with Gasteiger partial charge in [0.2, 0.25) is 0 Å². The standard InChI is InChI=1S/C11H22NO4P/c13-10-3-1-2-4-11(10)17(14,15)9-12-5-7-16-8-6-12/h10-11,13H,1-9H2,(H,14,15)/p+1/t10-,11-/m1/s1. The van der Waals surface area contributed by atoms with Crippen LogP contribution >= 0.6 is 7.37 Å². The van der Waals surface area contributed by atoms with E-state index in [9.17, 15) is 14.6 Å². The van der Waals surface area contributed by atoms with Crippen molar-refractivity contribution in [2.24, 2.45) is 0 Å². The first-order chi connectivity index (χ1) is 8.09. The second-order valence-electron chi connectivity index (χ2n) is 5.20. The summed E-state index contributed by atoms with van der Waals surface area (Å²) in [6.07, 6.45) is 3.01. The second kappa shape index (κ2) is 5.81. The minimum Gasteiger partial charge on any atom is -0.392 e. The van der Waals surface area contributed by atoms with Gasteiger partial charge < -0.3 is 19.6 Å². The van der Waals surface area contributed by atoms with Gasteiger partial charge in [0.05, 0.1) is 25.0 Å². The Hall–Kier alpha value is 0.0700. The van der Waals surface area contributed by atoms with Gasteiger partial charge in [-0.3, -0.25) is 4.57 Å². The summed E-state index contributed by atoms with van der Waals surface area (Å²) in [6, 6.07) is 0. The molecule has 0 radical (unpaired) electrons. The summed E-state index contributed by atoms with van der Waals surface area (Å²) in [4.78, 5) is 11.3. The van der Waals surface area contributed by atoms with E-state index in [0.717, 1.165) is 30.8 Å². The molecule has 17 heavy (non-hydrogen) atoms. The molecule has 1 unspecified atom stereocenters. The van der Waals surface area contributed by atoms with Gasteiger partial charge in [0.25, 0.3) is 7.37 Å². The average Bonchev–Trinajstić information content (AvgIpc) is 2.30. The first-order valence-corrected chi connectivity index (χ1v) is 8.42. The SMILES string of the molecule is O=P(O)(C[NH+]1CCOCC1)[C@@H]1CCCC[C@H]1O. The normalized spacial score (nSPS) is 35.4. The van der Waals surface area contributed by atoms with E-state index in [0.29, 0.717) is 26.1 Å². The highest BCUT2D eigenvalue weighted by molar-refractivity contribution is 7.58. The summed E-state index contributed by atoms with van der Waals surface area (Å²) in [5, 5.41) is 9.87. The number of morpholine rings is 1. The van der Waals surface area contributed by atoms with Crippen molar-refractivity contribution < 1.29 is 24.2 Å². The predicted molar refractivity (Wildman–Crippen MR) is 64.5 cm³/mol. The molecule has 2 rings (SSSR count). The van der Waals surface area contributed by atoms with E-state index in [1.807, 2.05) is 0 Å². The molecule has 1 saturated carbocycles. The fourth-order valence-corrected chi connectivity index (χ4v) is 5.28. The van der Waals surface area contributed by atoms with Crippen LogP contribution < -0.4 is 4.90 Å². The third-order valence-corrected chi connectivity index (χ3v) is 6.40. The number of hydrogen-bond donors (Lipinski definition) is 3. The lowest BCUT2D eigenvalue weighted by Gasteiger charge is -2.33. The van der Waals surface area contributed by atoms with Crippen LogP contribution in [0.2, 0.25) is 0 Å². The molecule has 1 aliphatic carbocycles. The summed E-state index contributed by atoms with van der Waals surface area (Å²) >= 11 is 0. The van der Waals surface area contributed by atoms with Gasteiger partial charge in [-0.15, -0.1) is 0 Å². The Labute approximate surface area is 102 Å². The van der Waals surface area contributed by atoms with E-state index in [-0.39, 0.29) is 6.29 Å². The zero-order valence-electron chi connectivity index (χ0n) is 10.2. The van der Waals surface area contributed by atoms with Gasteiger partial charge in [0.1, 0.15) is 13.1 Å². The van der Waals surface area contributed by atoms with E-state index in [4.69, 9.17) is 4.74 Å². The maximum atomic E-state index is 12.4. The Kier molecular flexibility index (Phi) is 4.61. The van der Waals surface area contributed by atoms with Crippen LogP contribution in [0, 0.1) is 0 Å². The first kappa shape index (κ1) is 13.5. The summed E-state index contributed by atoms with van der Waals surface area (Å²) in [5.74, 6) is 0. The number of ether oxygens (including phenoxy) is 1. The molecule has 2 fully saturated rings. The van der Waals surface area contributed by atoms with E-state index >= 15 is 0 Å². The number of rotatable bonds is 3. The summed E-state index contributed by atoms with van der Waals surface area (Å²) < 4.78 is 17.6. The monoisotopic (exact) mass is 264 g/mol. The van der Waals surface area contributed by atoms with Gasteiger partial charge in [0, 0.05) is 0 Å². The van der Waals surface area contributed by atoms with Gasteiger partial charge in [-0.2, -0.15) is 0 Å². The van der Waals surface area contributed by atoms with Crippen LogP contribution in [0.25, 0.3) is 0 Å². The molecule has 1 heterocycles. The number of quaternary nitrogens is 1. The van der Waals surface area contributed by atoms with Gasteiger partial charge in [-0.25, -0.2) is 0 Å². The zero-order chi connectivity index (χ0) is 12.3. The van der Waals surface area contributed by atoms with Crippen LogP contribution in [0.15, 0.2) is 0 Å². The Bertz CT molecular complexity index is 293. The first-order valence-electron chi connectivity index (χ1n) is 6.50. The molecule has 0 spiro atoms. The van der Waals surface area contributed by atoms with Crippen molar-refractivity contribution >= 4 is 7.37 Å². The molecule has 1 aliphatic heterocycles. The van der Waals surface area contributed by atoms with Crippen molar-refractivity contribution in [3.8, 4) is 0 Å². The van der Waals surface area contributed by atoms with E-state index in [1.54, 1.807) is 0 Å². The molecule has 0 aromatic heterocycles. The van der Waals surface area contributed by atoms with Crippen LogP contribution in [0.4, 0.5) is 0 Å². The van der Waals surface area contributed by atoms with Crippen molar-refractivity contribution in [2.45, 2.75) is 37.4 Å². The van der Waals surface area contributed by atoms with Crippen LogP contribution in [-0.2, 0) is 9.30 Å². The van der Waals surface area contributed by atoms with E-state index in [2.05, 4.69) is 0 Å². The van der Waals surface area contributed by atoms with E-state index in [1.165, 1.54) is 0 Å². The number of aliphatic hydroxyl groups is 1. The van der Waals surface area contributed by atoms with Crippen molar-refractivity contribution in [3.05, 3.63) is 0 Å². The highest BCUT2D eigenvalue weighted by Crippen LogP contribution is 2.50. The van der Waals surface area contributed by atoms with Crippen molar-refractivity contribution in [3.63, 3.8) is 0 Å². The van der Waals surface area contributed by atoms with Crippen LogP contribution in [0.1, 0.15) is 25.7 Å². The number of aliphatic hydroxyl groups excluding tert-OH is 1. The van der Waals surface area contributed by atoms with Gasteiger partial charge in [-0.1, -0.05) is 12.8 Å². The molecule has 0 amide bonds. The third kappa shape index (κ3) is 3.52. The van der Waals surface area contributed by atoms with Crippen LogP contribution in [0.5, 0.6) is 0 Å². The number of nitrogens with one attached hydrogen (secondary N) is 1. The Morgan fingerprint density at radius 2 is 1.88 bits per heavy atom.